The molecule has 18 heavy (non-hydrogen) atoms. The van der Waals surface area contributed by atoms with E-state index in [1.54, 1.807) is 0 Å². The minimum absolute atomic E-state index is 0.130. The highest BCUT2D eigenvalue weighted by Gasteiger charge is 2.31. The molecule has 4 rings (SSSR count). The van der Waals surface area contributed by atoms with E-state index in [2.05, 4.69) is 55.5 Å². The fraction of sp³-hybridized carbons (Fsp3) is 0.333. The Morgan fingerprint density at radius 3 is 2.72 bits per heavy atom. The molecular weight excluding hydrogens is 216 g/mol. The van der Waals surface area contributed by atoms with Crippen molar-refractivity contribution in [2.24, 2.45) is 11.3 Å². The lowest BCUT2D eigenvalue weighted by molar-refractivity contribution is 0.685. The molecule has 0 heterocycles. The fourth-order valence-corrected chi connectivity index (χ4v) is 3.10. The van der Waals surface area contributed by atoms with E-state index < -0.39 is 0 Å². The van der Waals surface area contributed by atoms with Crippen LogP contribution in [0.1, 0.15) is 26.2 Å². The van der Waals surface area contributed by atoms with Gasteiger partial charge in [0.1, 0.15) is 0 Å². The molecule has 0 radical (unpaired) electrons. The number of allylic oxidation sites excluding steroid dienone is 12. The van der Waals surface area contributed by atoms with Crippen LogP contribution in [0.3, 0.4) is 0 Å². The molecule has 1 atom stereocenters. The van der Waals surface area contributed by atoms with Gasteiger partial charge in [0, 0.05) is 5.41 Å². The van der Waals surface area contributed by atoms with E-state index in [0.29, 0.717) is 0 Å². The monoisotopic (exact) mass is 234 g/mol. The maximum absolute atomic E-state index is 2.37. The summed E-state index contributed by atoms with van der Waals surface area (Å²) in [5.74, 6) is 0.950. The van der Waals surface area contributed by atoms with Crippen molar-refractivity contribution >= 4 is 0 Å². The average Bonchev–Trinajstić information content (AvgIpc) is 3.08. The Labute approximate surface area is 109 Å². The van der Waals surface area contributed by atoms with Gasteiger partial charge in [-0.05, 0) is 60.5 Å². The predicted octanol–water partition coefficient (Wildman–Crippen LogP) is 4.65. The van der Waals surface area contributed by atoms with E-state index >= 15 is 0 Å². The minimum Gasteiger partial charge on any atom is -0.0698 e. The Hall–Kier alpha value is -1.56. The first-order valence-corrected chi connectivity index (χ1v) is 6.97. The molecule has 0 aromatic rings. The van der Waals surface area contributed by atoms with Gasteiger partial charge in [-0.1, -0.05) is 42.5 Å². The SMILES string of the molecule is CC12C=CC3=CC1=C(C=CC(CC1CC1)=C3)C=C2. The lowest BCUT2D eigenvalue weighted by Crippen LogP contribution is -2.13. The van der Waals surface area contributed by atoms with Crippen molar-refractivity contribution in [3.8, 4) is 0 Å². The molecule has 4 aliphatic rings. The Morgan fingerprint density at radius 2 is 1.89 bits per heavy atom. The predicted molar refractivity (Wildman–Crippen MR) is 76.1 cm³/mol. The van der Waals surface area contributed by atoms with Crippen molar-refractivity contribution in [1.29, 1.82) is 0 Å². The average molecular weight is 234 g/mol. The molecule has 0 aromatic carbocycles. The summed E-state index contributed by atoms with van der Waals surface area (Å²) < 4.78 is 0. The van der Waals surface area contributed by atoms with Gasteiger partial charge in [0.05, 0.1) is 0 Å². The highest BCUT2D eigenvalue weighted by molar-refractivity contribution is 5.62. The van der Waals surface area contributed by atoms with Gasteiger partial charge in [0.15, 0.2) is 0 Å². The van der Waals surface area contributed by atoms with Gasteiger partial charge >= 0.3 is 0 Å². The zero-order chi connectivity index (χ0) is 12.2. The molecule has 0 saturated heterocycles. The topological polar surface area (TPSA) is 0 Å². The summed E-state index contributed by atoms with van der Waals surface area (Å²) >= 11 is 0. The van der Waals surface area contributed by atoms with Crippen LogP contribution in [-0.2, 0) is 0 Å². The van der Waals surface area contributed by atoms with Crippen LogP contribution in [0.25, 0.3) is 0 Å². The molecule has 2 bridgehead atoms. The van der Waals surface area contributed by atoms with Crippen LogP contribution >= 0.6 is 0 Å². The van der Waals surface area contributed by atoms with E-state index in [-0.39, 0.29) is 5.41 Å². The zero-order valence-electron chi connectivity index (χ0n) is 10.8. The Bertz CT molecular complexity index is 586. The Morgan fingerprint density at radius 1 is 1.06 bits per heavy atom. The van der Waals surface area contributed by atoms with Crippen molar-refractivity contribution < 1.29 is 0 Å². The summed E-state index contributed by atoms with van der Waals surface area (Å²) in [5, 5.41) is 0. The molecule has 1 unspecified atom stereocenters. The van der Waals surface area contributed by atoms with Crippen molar-refractivity contribution in [3.05, 3.63) is 70.9 Å². The molecule has 4 aliphatic carbocycles. The summed E-state index contributed by atoms with van der Waals surface area (Å²) in [6.07, 6.45) is 22.7. The third-order valence-corrected chi connectivity index (χ3v) is 4.48. The van der Waals surface area contributed by atoms with Crippen LogP contribution in [0.2, 0.25) is 0 Å². The lowest BCUT2D eigenvalue weighted by atomic mass is 9.78. The van der Waals surface area contributed by atoms with E-state index in [9.17, 15) is 0 Å². The smallest absolute Gasteiger partial charge is 0.0296 e. The maximum Gasteiger partial charge on any atom is 0.0296 e. The molecule has 0 heteroatoms. The molecule has 0 aromatic heterocycles. The van der Waals surface area contributed by atoms with E-state index in [0.717, 1.165) is 5.92 Å². The molecule has 0 N–H and O–H groups in total. The molecule has 0 spiro atoms. The highest BCUT2D eigenvalue weighted by atomic mass is 14.3. The molecule has 0 amide bonds. The highest BCUT2D eigenvalue weighted by Crippen LogP contribution is 2.44. The van der Waals surface area contributed by atoms with Gasteiger partial charge in [-0.2, -0.15) is 0 Å². The molecule has 90 valence electrons. The fourth-order valence-electron chi connectivity index (χ4n) is 3.10. The van der Waals surface area contributed by atoms with Crippen molar-refractivity contribution in [2.75, 3.05) is 0 Å². The van der Waals surface area contributed by atoms with Gasteiger partial charge in [0.25, 0.3) is 0 Å². The normalized spacial score (nSPS) is 32.3. The third-order valence-electron chi connectivity index (χ3n) is 4.48. The number of hydrogen-bond donors (Lipinski definition) is 0. The van der Waals surface area contributed by atoms with Gasteiger partial charge in [-0.25, -0.2) is 0 Å². The second-order valence-corrected chi connectivity index (χ2v) is 6.16. The summed E-state index contributed by atoms with van der Waals surface area (Å²) in [5.41, 5.74) is 5.83. The molecule has 1 fully saturated rings. The number of rotatable bonds is 2. The second kappa shape index (κ2) is 3.47. The van der Waals surface area contributed by atoms with Crippen LogP contribution in [0.4, 0.5) is 0 Å². The minimum atomic E-state index is 0.130. The van der Waals surface area contributed by atoms with E-state index in [1.165, 1.54) is 41.6 Å². The van der Waals surface area contributed by atoms with Crippen LogP contribution in [0, 0.1) is 11.3 Å². The van der Waals surface area contributed by atoms with Crippen molar-refractivity contribution in [1.82, 2.24) is 0 Å². The van der Waals surface area contributed by atoms with Crippen LogP contribution < -0.4 is 0 Å². The van der Waals surface area contributed by atoms with Crippen molar-refractivity contribution in [3.63, 3.8) is 0 Å². The quantitative estimate of drug-likeness (QED) is 0.652. The van der Waals surface area contributed by atoms with Gasteiger partial charge < -0.3 is 0 Å². The summed E-state index contributed by atoms with van der Waals surface area (Å²) in [6.45, 7) is 2.29. The van der Waals surface area contributed by atoms with Crippen molar-refractivity contribution in [2.45, 2.75) is 26.2 Å². The Balaban J connectivity index is 1.76. The van der Waals surface area contributed by atoms with Gasteiger partial charge in [-0.3, -0.25) is 0 Å². The summed E-state index contributed by atoms with van der Waals surface area (Å²) in [6, 6.07) is 0. The van der Waals surface area contributed by atoms with Gasteiger partial charge in [0.2, 0.25) is 0 Å². The lowest BCUT2D eigenvalue weighted by Gasteiger charge is -2.25. The third kappa shape index (κ3) is 1.59. The standard InChI is InChI=1S/C18H18/c1-18-8-6-15-11-14(10-13-2-3-13)4-5-16(7-9-18)17(18)12-15/h4-9,11-13H,2-3,10H2,1H3. The van der Waals surface area contributed by atoms with Crippen LogP contribution in [0.5, 0.6) is 0 Å². The molecule has 1 saturated carbocycles. The van der Waals surface area contributed by atoms with Crippen LogP contribution in [-0.4, -0.2) is 0 Å². The maximum atomic E-state index is 2.37. The first-order chi connectivity index (χ1) is 8.73. The first-order valence-electron chi connectivity index (χ1n) is 6.97. The van der Waals surface area contributed by atoms with E-state index in [1.807, 2.05) is 0 Å². The zero-order valence-corrected chi connectivity index (χ0v) is 10.8. The molecule has 0 nitrogen and oxygen atoms in total. The Kier molecular flexibility index (Phi) is 2.00. The summed E-state index contributed by atoms with van der Waals surface area (Å²) in [7, 11) is 0. The van der Waals surface area contributed by atoms with Gasteiger partial charge in [-0.15, -0.1) is 0 Å². The summed E-state index contributed by atoms with van der Waals surface area (Å²) in [4.78, 5) is 0. The second-order valence-electron chi connectivity index (χ2n) is 6.16. The van der Waals surface area contributed by atoms with Crippen LogP contribution in [0.15, 0.2) is 70.9 Å². The molecule has 0 aliphatic heterocycles. The largest absolute Gasteiger partial charge is 0.0698 e. The molecular formula is C18H18. The number of hydrogen-bond acceptors (Lipinski definition) is 0. The van der Waals surface area contributed by atoms with E-state index in [4.69, 9.17) is 0 Å². The first kappa shape index (κ1) is 10.4.